The SMILES string of the molecule is CC/C=C\C/C=C\C/C=C\C/C=C\C/C=C\CCCCCCCCCCCCCCCCCCCCCCCCCCCC(=O)NC(COC1OC(CO)C(OC2OC(CO)C(OC3OC(CO)C(O)C(O)C3O)C(O)C2O)C(O)C1O)C(O)/C=C/CCCCCCCCCCCCCCCCCCCCCCCCCCCCCCCC. The van der Waals surface area contributed by atoms with Crippen molar-refractivity contribution in [3.05, 3.63) is 72.9 Å². The molecule has 0 spiro atoms. The molecule has 19 nitrogen and oxygen atoms in total. The van der Waals surface area contributed by atoms with Gasteiger partial charge in [0.05, 0.1) is 38.6 Å². The van der Waals surface area contributed by atoms with Crippen LogP contribution in [0.25, 0.3) is 0 Å². The highest BCUT2D eigenvalue weighted by molar-refractivity contribution is 5.76. The van der Waals surface area contributed by atoms with E-state index in [0.29, 0.717) is 6.42 Å². The Balaban J connectivity index is 1.28. The standard InChI is InChI=1S/C99H181NO18/c1-3-5-7-9-11-13-15-17-19-21-23-25-27-29-31-33-35-37-38-39-40-41-42-43-44-45-47-49-51-53-55-57-59-61-63-65-67-69-71-73-75-77-87(105)100-82(83(104)76-74-72-70-68-66-64-62-60-58-56-54-52-50-48-46-36-34-32-30-28-26-24-22-20-18-16-14-12-10-8-6-4-2)81-113-97-93(111)90(108)95(85(79-102)115-97)118-99-94(112)91(109)96(86(80-103)116-99)117-98-92(110)89(107)88(106)84(78-101)114-98/h5,7,11,13,17,19,23,25,29,31,74,76,82-86,88-99,101-104,106-112H,3-4,6,8-10,12,14-16,18,20-22,24,26-28,30,32-73,75,77-81H2,1-2H3,(H,100,105)/b7-5-,13-11-,19-17-,25-23-,31-29-,76-74+. The first-order valence-corrected chi connectivity index (χ1v) is 49.2. The maximum atomic E-state index is 13.6. The molecule has 118 heavy (non-hydrogen) atoms. The number of hydrogen-bond donors (Lipinski definition) is 12. The number of unbranched alkanes of at least 4 members (excludes halogenated alkanes) is 55. The van der Waals surface area contributed by atoms with E-state index in [0.717, 1.165) is 77.0 Å². The molecule has 0 aliphatic carbocycles. The van der Waals surface area contributed by atoms with Gasteiger partial charge in [0, 0.05) is 6.42 Å². The summed E-state index contributed by atoms with van der Waals surface area (Å²) in [5.74, 6) is -0.267. The van der Waals surface area contributed by atoms with Gasteiger partial charge in [0.25, 0.3) is 0 Å². The Morgan fingerprint density at radius 1 is 0.314 bits per heavy atom. The molecule has 1 amide bonds. The Hall–Kier alpha value is -2.77. The summed E-state index contributed by atoms with van der Waals surface area (Å²) in [5.41, 5.74) is 0. The van der Waals surface area contributed by atoms with Crippen LogP contribution in [-0.4, -0.2) is 193 Å². The molecule has 0 aromatic rings. The van der Waals surface area contributed by atoms with E-state index in [2.05, 4.69) is 79.9 Å². The van der Waals surface area contributed by atoms with E-state index in [1.807, 2.05) is 6.08 Å². The number of carbonyl (C=O) groups excluding carboxylic acids is 1. The average molecular weight is 1670 g/mol. The topological polar surface area (TPSA) is 307 Å². The van der Waals surface area contributed by atoms with E-state index in [4.69, 9.17) is 28.4 Å². The number of ether oxygens (including phenoxy) is 6. The Morgan fingerprint density at radius 2 is 0.585 bits per heavy atom. The van der Waals surface area contributed by atoms with Gasteiger partial charge in [0.15, 0.2) is 18.9 Å². The second-order valence-electron chi connectivity index (χ2n) is 34.9. The monoisotopic (exact) mass is 1670 g/mol. The third kappa shape index (κ3) is 54.9. The van der Waals surface area contributed by atoms with Gasteiger partial charge >= 0.3 is 0 Å². The Labute approximate surface area is 718 Å². The summed E-state index contributed by atoms with van der Waals surface area (Å²) in [4.78, 5) is 13.6. The van der Waals surface area contributed by atoms with Gasteiger partial charge in [-0.25, -0.2) is 0 Å². The number of allylic oxidation sites excluding steroid dienone is 11. The van der Waals surface area contributed by atoms with E-state index in [1.54, 1.807) is 6.08 Å². The second kappa shape index (κ2) is 77.8. The minimum absolute atomic E-state index is 0.246. The summed E-state index contributed by atoms with van der Waals surface area (Å²) in [6.45, 7) is 1.69. The molecule has 3 aliphatic heterocycles. The molecular formula is C99H181NO18. The van der Waals surface area contributed by atoms with E-state index in [9.17, 15) is 61.0 Å². The number of nitrogens with one attached hydrogen (secondary N) is 1. The summed E-state index contributed by atoms with van der Waals surface area (Å²) >= 11 is 0. The average Bonchev–Trinajstić information content (AvgIpc) is 0.777. The molecule has 0 radical (unpaired) electrons. The lowest BCUT2D eigenvalue weighted by molar-refractivity contribution is -0.379. The lowest BCUT2D eigenvalue weighted by Crippen LogP contribution is -2.66. The van der Waals surface area contributed by atoms with Crippen molar-refractivity contribution in [1.82, 2.24) is 5.32 Å². The molecule has 0 aromatic carbocycles. The van der Waals surface area contributed by atoms with Gasteiger partial charge < -0.3 is 89.9 Å². The number of aliphatic hydroxyl groups excluding tert-OH is 11. The fraction of sp³-hybridized carbons (Fsp3) is 0.869. The minimum atomic E-state index is -1.98. The van der Waals surface area contributed by atoms with Crippen LogP contribution in [0.3, 0.4) is 0 Å². The van der Waals surface area contributed by atoms with Crippen LogP contribution in [0.5, 0.6) is 0 Å². The van der Waals surface area contributed by atoms with E-state index < -0.39 is 124 Å². The third-order valence-corrected chi connectivity index (χ3v) is 24.3. The number of amides is 1. The first-order valence-electron chi connectivity index (χ1n) is 49.2. The molecular weight excluding hydrogens is 1490 g/mol. The summed E-state index contributed by atoms with van der Waals surface area (Å²) in [6, 6.07) is -0.976. The van der Waals surface area contributed by atoms with Gasteiger partial charge in [-0.15, -0.1) is 0 Å². The van der Waals surface area contributed by atoms with Crippen molar-refractivity contribution in [2.75, 3.05) is 26.4 Å². The third-order valence-electron chi connectivity index (χ3n) is 24.3. The molecule has 0 saturated carbocycles. The molecule has 3 heterocycles. The summed E-state index contributed by atoms with van der Waals surface area (Å²) < 4.78 is 34.6. The highest BCUT2D eigenvalue weighted by Gasteiger charge is 2.54. The molecule has 17 atom stereocenters. The highest BCUT2D eigenvalue weighted by atomic mass is 16.8. The lowest BCUT2D eigenvalue weighted by atomic mass is 9.96. The summed E-state index contributed by atoms with van der Waals surface area (Å²) in [5, 5.41) is 121. The minimum Gasteiger partial charge on any atom is -0.394 e. The maximum absolute atomic E-state index is 13.6. The molecule has 19 heteroatoms. The predicted octanol–water partition coefficient (Wildman–Crippen LogP) is 20.3. The van der Waals surface area contributed by atoms with Gasteiger partial charge in [-0.05, 0) is 64.2 Å². The normalized spacial score (nSPS) is 24.6. The molecule has 0 bridgehead atoms. The molecule has 3 saturated heterocycles. The largest absolute Gasteiger partial charge is 0.394 e. The van der Waals surface area contributed by atoms with Crippen LogP contribution in [0.4, 0.5) is 0 Å². The van der Waals surface area contributed by atoms with Crippen LogP contribution in [0, 0.1) is 0 Å². The maximum Gasteiger partial charge on any atom is 0.220 e. The zero-order chi connectivity index (χ0) is 85.2. The van der Waals surface area contributed by atoms with Crippen LogP contribution in [0.1, 0.15) is 418 Å². The van der Waals surface area contributed by atoms with Gasteiger partial charge in [-0.3, -0.25) is 4.79 Å². The van der Waals surface area contributed by atoms with Crippen molar-refractivity contribution in [1.29, 1.82) is 0 Å². The van der Waals surface area contributed by atoms with Crippen molar-refractivity contribution in [3.63, 3.8) is 0 Å². The van der Waals surface area contributed by atoms with Gasteiger partial charge in [0.2, 0.25) is 5.91 Å². The first kappa shape index (κ1) is 109. The molecule has 0 aromatic heterocycles. The predicted molar refractivity (Wildman–Crippen MR) is 480 cm³/mol. The Morgan fingerprint density at radius 3 is 0.915 bits per heavy atom. The Bertz CT molecular complexity index is 2410. The second-order valence-corrected chi connectivity index (χ2v) is 34.9. The van der Waals surface area contributed by atoms with E-state index in [1.165, 1.54) is 315 Å². The molecule has 3 fully saturated rings. The molecule has 12 N–H and O–H groups in total. The van der Waals surface area contributed by atoms with Crippen LogP contribution in [-0.2, 0) is 33.2 Å². The fourth-order valence-electron chi connectivity index (χ4n) is 16.5. The first-order chi connectivity index (χ1) is 57.8. The van der Waals surface area contributed by atoms with E-state index >= 15 is 0 Å². The van der Waals surface area contributed by atoms with Crippen molar-refractivity contribution in [3.8, 4) is 0 Å². The fourth-order valence-corrected chi connectivity index (χ4v) is 16.5. The number of hydrogen-bond acceptors (Lipinski definition) is 18. The smallest absolute Gasteiger partial charge is 0.220 e. The highest BCUT2D eigenvalue weighted by Crippen LogP contribution is 2.34. The van der Waals surface area contributed by atoms with Gasteiger partial charge in [0.1, 0.15) is 73.2 Å². The zero-order valence-corrected chi connectivity index (χ0v) is 74.9. The molecule has 17 unspecified atom stereocenters. The zero-order valence-electron chi connectivity index (χ0n) is 74.9. The van der Waals surface area contributed by atoms with Gasteiger partial charge in [-0.1, -0.05) is 421 Å². The quantitative estimate of drug-likeness (QED) is 0.0199. The van der Waals surface area contributed by atoms with Crippen LogP contribution in [0.15, 0.2) is 72.9 Å². The molecule has 3 aliphatic rings. The Kier molecular flexibility index (Phi) is 72.1. The van der Waals surface area contributed by atoms with E-state index in [-0.39, 0.29) is 18.9 Å². The van der Waals surface area contributed by atoms with Crippen molar-refractivity contribution in [2.24, 2.45) is 0 Å². The molecule has 690 valence electrons. The van der Waals surface area contributed by atoms with Crippen molar-refractivity contribution >= 4 is 5.91 Å². The lowest BCUT2D eigenvalue weighted by Gasteiger charge is -2.48. The van der Waals surface area contributed by atoms with Crippen molar-refractivity contribution < 1.29 is 89.4 Å². The van der Waals surface area contributed by atoms with Gasteiger partial charge in [-0.2, -0.15) is 0 Å². The number of rotatable bonds is 81. The summed E-state index contributed by atoms with van der Waals surface area (Å²) in [6.07, 6.45) is 79.4. The van der Waals surface area contributed by atoms with Crippen molar-refractivity contribution in [2.45, 2.75) is 523 Å². The van der Waals surface area contributed by atoms with Crippen LogP contribution >= 0.6 is 0 Å². The summed E-state index contributed by atoms with van der Waals surface area (Å²) in [7, 11) is 0. The molecule has 3 rings (SSSR count). The number of aliphatic hydroxyl groups is 11. The number of carbonyl (C=O) groups is 1. The van der Waals surface area contributed by atoms with Crippen LogP contribution in [0.2, 0.25) is 0 Å². The van der Waals surface area contributed by atoms with Crippen LogP contribution < -0.4 is 5.32 Å².